The molecule has 0 spiro atoms. The van der Waals surface area contributed by atoms with E-state index in [0.717, 1.165) is 54.1 Å². The van der Waals surface area contributed by atoms with Crippen molar-refractivity contribution in [1.29, 1.82) is 0 Å². The highest BCUT2D eigenvalue weighted by Gasteiger charge is 2.28. The van der Waals surface area contributed by atoms with Crippen LogP contribution in [0.1, 0.15) is 30.0 Å². The number of rotatable bonds is 6. The van der Waals surface area contributed by atoms with Gasteiger partial charge >= 0.3 is 0 Å². The molecule has 0 atom stereocenters. The van der Waals surface area contributed by atoms with Crippen LogP contribution in [0.5, 0.6) is 0 Å². The highest BCUT2D eigenvalue weighted by atomic mass is 35.5. The fraction of sp³-hybridized carbons (Fsp3) is 0.207. The summed E-state index contributed by atoms with van der Waals surface area (Å²) < 4.78 is 0. The van der Waals surface area contributed by atoms with E-state index < -0.39 is 0 Å². The Morgan fingerprint density at radius 1 is 0.800 bits per heavy atom. The zero-order valence-corrected chi connectivity index (χ0v) is 20.1. The number of nitrogens with zero attached hydrogens (tertiary/aromatic N) is 3. The van der Waals surface area contributed by atoms with Crippen LogP contribution in [-0.4, -0.2) is 29.2 Å². The molecule has 1 fully saturated rings. The Labute approximate surface area is 210 Å². The summed E-state index contributed by atoms with van der Waals surface area (Å²) in [6, 6.07) is 31.7. The minimum Gasteiger partial charge on any atom is -0.355 e. The average molecular weight is 483 g/mol. The zero-order chi connectivity index (χ0) is 24.0. The number of carbonyl (C=O) groups excluding carboxylic acids is 1. The van der Waals surface area contributed by atoms with E-state index in [1.807, 2.05) is 72.8 Å². The molecule has 0 unspecified atom stereocenters. The topological polar surface area (TPSA) is 58.1 Å². The number of anilines is 1. The molecule has 176 valence electrons. The number of hydrogen-bond donors (Lipinski definition) is 1. The first kappa shape index (κ1) is 23.1. The van der Waals surface area contributed by atoms with Gasteiger partial charge in [0.25, 0.3) is 0 Å². The molecule has 0 radical (unpaired) electrons. The largest absolute Gasteiger partial charge is 0.355 e. The van der Waals surface area contributed by atoms with Crippen LogP contribution in [0, 0.1) is 5.92 Å². The van der Waals surface area contributed by atoms with Gasteiger partial charge in [0, 0.05) is 29.6 Å². The molecule has 1 aliphatic rings. The second-order valence-corrected chi connectivity index (χ2v) is 9.24. The van der Waals surface area contributed by atoms with Gasteiger partial charge in [-0.15, -0.1) is 10.2 Å². The van der Waals surface area contributed by atoms with Gasteiger partial charge in [0.05, 0.1) is 11.7 Å². The first-order valence-electron chi connectivity index (χ1n) is 11.9. The van der Waals surface area contributed by atoms with Gasteiger partial charge in [0.15, 0.2) is 5.82 Å². The van der Waals surface area contributed by atoms with E-state index in [-0.39, 0.29) is 17.9 Å². The maximum Gasteiger partial charge on any atom is 0.223 e. The van der Waals surface area contributed by atoms with Gasteiger partial charge in [0.1, 0.15) is 0 Å². The molecule has 5 nitrogen and oxygen atoms in total. The van der Waals surface area contributed by atoms with E-state index in [4.69, 9.17) is 11.6 Å². The smallest absolute Gasteiger partial charge is 0.223 e. The van der Waals surface area contributed by atoms with Crippen molar-refractivity contribution in [3.63, 3.8) is 0 Å². The molecule has 1 amide bonds. The summed E-state index contributed by atoms with van der Waals surface area (Å²) in [6.45, 7) is 1.54. The third-order valence-electron chi connectivity index (χ3n) is 6.53. The van der Waals surface area contributed by atoms with Crippen molar-refractivity contribution in [3.05, 3.63) is 113 Å². The molecule has 6 heteroatoms. The predicted molar refractivity (Wildman–Crippen MR) is 140 cm³/mol. The summed E-state index contributed by atoms with van der Waals surface area (Å²) in [4.78, 5) is 15.5. The van der Waals surface area contributed by atoms with Crippen LogP contribution in [0.2, 0.25) is 5.02 Å². The third kappa shape index (κ3) is 5.52. The molecular weight excluding hydrogens is 456 g/mol. The standard InChI is InChI=1S/C29H27ClN4O/c30-25-13-11-21(12-14-25)26-15-16-27(33-32-26)34-19-17-24(18-20-34)29(35)31-28(22-7-3-1-4-8-22)23-9-5-2-6-10-23/h1-16,24,28H,17-20H2,(H,31,35). The molecule has 1 saturated heterocycles. The average Bonchev–Trinajstić information content (AvgIpc) is 2.93. The summed E-state index contributed by atoms with van der Waals surface area (Å²) in [5.41, 5.74) is 3.96. The van der Waals surface area contributed by atoms with Crippen LogP contribution >= 0.6 is 11.6 Å². The Morgan fingerprint density at radius 3 is 1.94 bits per heavy atom. The van der Waals surface area contributed by atoms with Crippen LogP contribution in [0.4, 0.5) is 5.82 Å². The Hall–Kier alpha value is -3.70. The Bertz CT molecular complexity index is 1200. The summed E-state index contributed by atoms with van der Waals surface area (Å²) in [7, 11) is 0. The maximum absolute atomic E-state index is 13.3. The molecule has 1 N–H and O–H groups in total. The molecule has 5 rings (SSSR count). The lowest BCUT2D eigenvalue weighted by Crippen LogP contribution is -2.42. The summed E-state index contributed by atoms with van der Waals surface area (Å²) in [6.07, 6.45) is 1.56. The van der Waals surface area contributed by atoms with Gasteiger partial charge in [-0.25, -0.2) is 0 Å². The Morgan fingerprint density at radius 2 is 1.40 bits per heavy atom. The van der Waals surface area contributed by atoms with E-state index in [0.29, 0.717) is 5.02 Å². The van der Waals surface area contributed by atoms with Gasteiger partial charge < -0.3 is 10.2 Å². The lowest BCUT2D eigenvalue weighted by molar-refractivity contribution is -0.126. The minimum atomic E-state index is -0.158. The molecule has 4 aromatic rings. The van der Waals surface area contributed by atoms with Crippen molar-refractivity contribution >= 4 is 23.3 Å². The van der Waals surface area contributed by atoms with Gasteiger partial charge in [-0.1, -0.05) is 84.4 Å². The van der Waals surface area contributed by atoms with Crippen LogP contribution in [0.15, 0.2) is 97.1 Å². The van der Waals surface area contributed by atoms with E-state index in [1.54, 1.807) is 0 Å². The number of amides is 1. The first-order valence-corrected chi connectivity index (χ1v) is 12.3. The Balaban J connectivity index is 1.22. The molecule has 2 heterocycles. The van der Waals surface area contributed by atoms with Crippen LogP contribution in [0.3, 0.4) is 0 Å². The molecule has 3 aromatic carbocycles. The fourth-order valence-corrected chi connectivity index (χ4v) is 4.68. The van der Waals surface area contributed by atoms with E-state index >= 15 is 0 Å². The number of nitrogens with one attached hydrogen (secondary N) is 1. The van der Waals surface area contributed by atoms with Crippen LogP contribution in [-0.2, 0) is 4.79 Å². The molecular formula is C29H27ClN4O. The fourth-order valence-electron chi connectivity index (χ4n) is 4.55. The second-order valence-electron chi connectivity index (χ2n) is 8.81. The lowest BCUT2D eigenvalue weighted by atomic mass is 9.93. The SMILES string of the molecule is O=C(NC(c1ccccc1)c1ccccc1)C1CCN(c2ccc(-c3ccc(Cl)cc3)nn2)CC1. The lowest BCUT2D eigenvalue weighted by Gasteiger charge is -2.32. The highest BCUT2D eigenvalue weighted by Crippen LogP contribution is 2.27. The predicted octanol–water partition coefficient (Wildman–Crippen LogP) is 5.92. The van der Waals surface area contributed by atoms with Gasteiger partial charge in [-0.3, -0.25) is 4.79 Å². The molecule has 1 aliphatic heterocycles. The molecule has 0 aliphatic carbocycles. The molecule has 35 heavy (non-hydrogen) atoms. The number of carbonyl (C=O) groups is 1. The normalized spacial score (nSPS) is 14.2. The van der Waals surface area contributed by atoms with Crippen molar-refractivity contribution in [2.45, 2.75) is 18.9 Å². The molecule has 1 aromatic heterocycles. The Kier molecular flexibility index (Phi) is 7.05. The summed E-state index contributed by atoms with van der Waals surface area (Å²) in [5, 5.41) is 12.8. The van der Waals surface area contributed by atoms with Crippen molar-refractivity contribution in [2.24, 2.45) is 5.92 Å². The van der Waals surface area contributed by atoms with E-state index in [2.05, 4.69) is 44.7 Å². The third-order valence-corrected chi connectivity index (χ3v) is 6.78. The second kappa shape index (κ2) is 10.7. The van der Waals surface area contributed by atoms with Crippen LogP contribution in [0.25, 0.3) is 11.3 Å². The van der Waals surface area contributed by atoms with Crippen molar-refractivity contribution in [1.82, 2.24) is 15.5 Å². The number of benzene rings is 3. The van der Waals surface area contributed by atoms with Crippen molar-refractivity contribution < 1.29 is 4.79 Å². The number of halogens is 1. The molecule has 0 bridgehead atoms. The zero-order valence-electron chi connectivity index (χ0n) is 19.3. The van der Waals surface area contributed by atoms with Crippen LogP contribution < -0.4 is 10.2 Å². The summed E-state index contributed by atoms with van der Waals surface area (Å²) in [5.74, 6) is 0.919. The minimum absolute atomic E-state index is 0.0255. The quantitative estimate of drug-likeness (QED) is 0.370. The van der Waals surface area contributed by atoms with Crippen molar-refractivity contribution in [3.8, 4) is 11.3 Å². The molecule has 0 saturated carbocycles. The van der Waals surface area contributed by atoms with Crippen molar-refractivity contribution in [2.75, 3.05) is 18.0 Å². The summed E-state index contributed by atoms with van der Waals surface area (Å²) >= 11 is 5.98. The van der Waals surface area contributed by atoms with E-state index in [1.165, 1.54) is 0 Å². The highest BCUT2D eigenvalue weighted by molar-refractivity contribution is 6.30. The number of piperidine rings is 1. The number of hydrogen-bond acceptors (Lipinski definition) is 4. The monoisotopic (exact) mass is 482 g/mol. The maximum atomic E-state index is 13.3. The van der Waals surface area contributed by atoms with Gasteiger partial charge in [-0.05, 0) is 48.2 Å². The van der Waals surface area contributed by atoms with E-state index in [9.17, 15) is 4.79 Å². The first-order chi connectivity index (χ1) is 17.2. The van der Waals surface area contributed by atoms with Gasteiger partial charge in [-0.2, -0.15) is 0 Å². The van der Waals surface area contributed by atoms with Gasteiger partial charge in [0.2, 0.25) is 5.91 Å². The number of aromatic nitrogens is 2.